The van der Waals surface area contributed by atoms with Crippen LogP contribution in [0, 0.1) is 0 Å². The maximum atomic E-state index is 14.0. The van der Waals surface area contributed by atoms with Crippen molar-refractivity contribution in [3.63, 3.8) is 0 Å². The largest absolute Gasteiger partial charge is 0.493 e. The third-order valence-electron chi connectivity index (χ3n) is 6.76. The predicted molar refractivity (Wildman–Crippen MR) is 162 cm³/mol. The zero-order chi connectivity index (χ0) is 29.6. The number of carbonyl (C=O) groups excluding carboxylic acids is 1. The lowest BCUT2D eigenvalue weighted by molar-refractivity contribution is -0.139. The normalized spacial score (nSPS) is 14.7. The van der Waals surface area contributed by atoms with Gasteiger partial charge in [0.2, 0.25) is 0 Å². The quantitative estimate of drug-likeness (QED) is 0.249. The van der Waals surface area contributed by atoms with Crippen molar-refractivity contribution in [1.82, 2.24) is 4.57 Å². The van der Waals surface area contributed by atoms with Crippen LogP contribution >= 0.6 is 11.3 Å². The Morgan fingerprint density at radius 1 is 0.976 bits per heavy atom. The van der Waals surface area contributed by atoms with Gasteiger partial charge in [0.05, 0.1) is 36.1 Å². The van der Waals surface area contributed by atoms with Gasteiger partial charge in [-0.2, -0.15) is 0 Å². The Morgan fingerprint density at radius 3 is 2.43 bits per heavy atom. The van der Waals surface area contributed by atoms with Crippen molar-refractivity contribution in [3.8, 4) is 17.2 Å². The molecule has 216 valence electrons. The summed E-state index contributed by atoms with van der Waals surface area (Å²) in [7, 11) is 1.55. The number of nitrogens with zero attached hydrogens (tertiary/aromatic N) is 2. The number of hydrogen-bond donors (Lipinski definition) is 0. The summed E-state index contributed by atoms with van der Waals surface area (Å²) in [4.78, 5) is 32.4. The number of allylic oxidation sites excluding steroid dienone is 1. The first-order valence-electron chi connectivity index (χ1n) is 13.7. The maximum Gasteiger partial charge on any atom is 0.338 e. The van der Waals surface area contributed by atoms with Crippen LogP contribution in [0.2, 0.25) is 0 Å². The minimum absolute atomic E-state index is 0.189. The molecule has 5 rings (SSSR count). The number of para-hydroxylation sites is 1. The number of aromatic nitrogens is 1. The zero-order valence-corrected chi connectivity index (χ0v) is 24.8. The SMILES string of the molecule is CCOC(=O)C1=C(C)N=c2s/c(=C/c3ccc(OCc4ccccc4)cc3)c(=O)n2C1c1cccc(OC)c1OCC. The van der Waals surface area contributed by atoms with Crippen LogP contribution in [-0.2, 0) is 16.1 Å². The first-order chi connectivity index (χ1) is 20.4. The molecule has 0 radical (unpaired) electrons. The van der Waals surface area contributed by atoms with Gasteiger partial charge in [-0.15, -0.1) is 0 Å². The first-order valence-corrected chi connectivity index (χ1v) is 14.5. The lowest BCUT2D eigenvalue weighted by atomic mass is 9.94. The third-order valence-corrected chi connectivity index (χ3v) is 7.74. The predicted octanol–water partition coefficient (Wildman–Crippen LogP) is 4.78. The van der Waals surface area contributed by atoms with Gasteiger partial charge >= 0.3 is 5.97 Å². The highest BCUT2D eigenvalue weighted by molar-refractivity contribution is 7.07. The molecule has 1 unspecified atom stereocenters. The van der Waals surface area contributed by atoms with Gasteiger partial charge in [-0.3, -0.25) is 9.36 Å². The summed E-state index contributed by atoms with van der Waals surface area (Å²) in [5.41, 5.74) is 3.02. The second-order valence-electron chi connectivity index (χ2n) is 9.46. The molecular weight excluding hydrogens is 552 g/mol. The first kappa shape index (κ1) is 28.9. The van der Waals surface area contributed by atoms with Crippen LogP contribution in [-0.4, -0.2) is 30.9 Å². The van der Waals surface area contributed by atoms with E-state index >= 15 is 0 Å². The van der Waals surface area contributed by atoms with E-state index in [4.69, 9.17) is 18.9 Å². The van der Waals surface area contributed by atoms with E-state index in [1.807, 2.05) is 79.7 Å². The standard InChI is InChI=1S/C33H32N2O6S/c1-5-39-30-25(13-10-14-26(30)38-4)29-28(32(37)40-6-2)21(3)34-33-35(29)31(36)27(42-33)19-22-15-17-24(18-16-22)41-20-23-11-8-7-9-12-23/h7-19,29H,5-6,20H2,1-4H3/b27-19+. The minimum atomic E-state index is -0.812. The zero-order valence-electron chi connectivity index (χ0n) is 24.0. The van der Waals surface area contributed by atoms with Crippen LogP contribution in [0.25, 0.3) is 6.08 Å². The van der Waals surface area contributed by atoms with Gasteiger partial charge in [0.1, 0.15) is 18.4 Å². The summed E-state index contributed by atoms with van der Waals surface area (Å²) < 4.78 is 24.9. The fourth-order valence-corrected chi connectivity index (χ4v) is 5.89. The lowest BCUT2D eigenvalue weighted by Gasteiger charge is -2.26. The molecule has 3 aromatic carbocycles. The molecular formula is C33H32N2O6S. The van der Waals surface area contributed by atoms with Gasteiger partial charge in [0.25, 0.3) is 5.56 Å². The Bertz CT molecular complexity index is 1790. The fraction of sp³-hybridized carbons (Fsp3) is 0.242. The number of benzene rings is 3. The van der Waals surface area contributed by atoms with E-state index in [9.17, 15) is 9.59 Å². The average molecular weight is 585 g/mol. The van der Waals surface area contributed by atoms with Crippen LogP contribution in [0.15, 0.2) is 93.9 Å². The maximum absolute atomic E-state index is 14.0. The van der Waals surface area contributed by atoms with Crippen LogP contribution in [0.5, 0.6) is 17.2 Å². The van der Waals surface area contributed by atoms with E-state index in [1.54, 1.807) is 31.6 Å². The van der Waals surface area contributed by atoms with Crippen LogP contribution < -0.4 is 29.1 Å². The molecule has 1 aliphatic rings. The number of ether oxygens (including phenoxy) is 4. The van der Waals surface area contributed by atoms with Crippen molar-refractivity contribution < 1.29 is 23.7 Å². The molecule has 9 heteroatoms. The summed E-state index contributed by atoms with van der Waals surface area (Å²) >= 11 is 1.27. The molecule has 1 aliphatic heterocycles. The van der Waals surface area contributed by atoms with Gasteiger partial charge in [0, 0.05) is 5.56 Å². The van der Waals surface area contributed by atoms with Gasteiger partial charge in [-0.05, 0) is 56.2 Å². The summed E-state index contributed by atoms with van der Waals surface area (Å²) in [6.45, 7) is 6.39. The van der Waals surface area contributed by atoms with Gasteiger partial charge in [-0.25, -0.2) is 9.79 Å². The van der Waals surface area contributed by atoms with Crippen molar-refractivity contribution in [2.45, 2.75) is 33.4 Å². The number of rotatable bonds is 10. The number of methoxy groups -OCH3 is 1. The number of hydrogen-bond acceptors (Lipinski definition) is 8. The van der Waals surface area contributed by atoms with E-state index in [2.05, 4.69) is 4.99 Å². The number of thiazole rings is 1. The van der Waals surface area contributed by atoms with Crippen molar-refractivity contribution in [2.75, 3.05) is 20.3 Å². The third kappa shape index (κ3) is 5.87. The second-order valence-corrected chi connectivity index (χ2v) is 10.5. The Hall–Kier alpha value is -4.63. The Balaban J connectivity index is 1.57. The van der Waals surface area contributed by atoms with Crippen LogP contribution in [0.3, 0.4) is 0 Å². The highest BCUT2D eigenvalue weighted by Crippen LogP contribution is 2.40. The molecule has 0 saturated carbocycles. The molecule has 8 nitrogen and oxygen atoms in total. The monoisotopic (exact) mass is 584 g/mol. The Labute approximate surface area is 247 Å². The van der Waals surface area contributed by atoms with Gasteiger partial charge in [-0.1, -0.05) is 65.9 Å². The van der Waals surface area contributed by atoms with Crippen molar-refractivity contribution >= 4 is 23.4 Å². The molecule has 0 aliphatic carbocycles. The molecule has 1 atom stereocenters. The molecule has 0 saturated heterocycles. The van der Waals surface area contributed by atoms with E-state index < -0.39 is 12.0 Å². The summed E-state index contributed by atoms with van der Waals surface area (Å²) in [5, 5.41) is 0. The smallest absolute Gasteiger partial charge is 0.338 e. The van der Waals surface area contributed by atoms with Gasteiger partial charge < -0.3 is 18.9 Å². The van der Waals surface area contributed by atoms with Crippen molar-refractivity contribution in [2.24, 2.45) is 4.99 Å². The van der Waals surface area contributed by atoms with Crippen molar-refractivity contribution in [3.05, 3.63) is 120 Å². The molecule has 4 aromatic rings. The fourth-order valence-electron chi connectivity index (χ4n) is 4.85. The summed E-state index contributed by atoms with van der Waals surface area (Å²) in [6, 6.07) is 22.1. The molecule has 0 spiro atoms. The lowest BCUT2D eigenvalue weighted by Crippen LogP contribution is -2.40. The number of carbonyl (C=O) groups is 1. The summed E-state index contributed by atoms with van der Waals surface area (Å²) in [5.74, 6) is 1.16. The molecule has 0 fully saturated rings. The van der Waals surface area contributed by atoms with Crippen molar-refractivity contribution in [1.29, 1.82) is 0 Å². The average Bonchev–Trinajstić information content (AvgIpc) is 3.30. The highest BCUT2D eigenvalue weighted by atomic mass is 32.1. The topological polar surface area (TPSA) is 88.4 Å². The van der Waals surface area contributed by atoms with E-state index in [0.29, 0.717) is 45.3 Å². The molecule has 0 N–H and O–H groups in total. The number of fused-ring (bicyclic) bond motifs is 1. The molecule has 0 bridgehead atoms. The van der Waals surface area contributed by atoms with Gasteiger partial charge in [0.15, 0.2) is 16.3 Å². The molecule has 1 aromatic heterocycles. The molecule has 0 amide bonds. The van der Waals surface area contributed by atoms with E-state index in [-0.39, 0.29) is 17.7 Å². The number of esters is 1. The molecule has 2 heterocycles. The minimum Gasteiger partial charge on any atom is -0.493 e. The Morgan fingerprint density at radius 2 is 1.74 bits per heavy atom. The highest BCUT2D eigenvalue weighted by Gasteiger charge is 2.35. The van der Waals surface area contributed by atoms with E-state index in [1.165, 1.54) is 11.3 Å². The summed E-state index contributed by atoms with van der Waals surface area (Å²) in [6.07, 6.45) is 1.82. The van der Waals surface area contributed by atoms with E-state index in [0.717, 1.165) is 16.9 Å². The van der Waals surface area contributed by atoms with Crippen LogP contribution in [0.4, 0.5) is 0 Å². The van der Waals surface area contributed by atoms with Crippen LogP contribution in [0.1, 0.15) is 43.5 Å². The second kappa shape index (κ2) is 12.9. The Kier molecular flexibility index (Phi) is 8.88. The molecule has 42 heavy (non-hydrogen) atoms.